The highest BCUT2D eigenvalue weighted by Crippen LogP contribution is 2.26. The zero-order valence-corrected chi connectivity index (χ0v) is 16.2. The van der Waals surface area contributed by atoms with Gasteiger partial charge in [0.2, 0.25) is 0 Å². The normalized spacial score (nSPS) is 10.7. The lowest BCUT2D eigenvalue weighted by Gasteiger charge is -2.21. The summed E-state index contributed by atoms with van der Waals surface area (Å²) in [7, 11) is 3.14. The van der Waals surface area contributed by atoms with Crippen LogP contribution in [0.2, 0.25) is 0 Å². The molecule has 0 radical (unpaired) electrons. The number of ether oxygens (including phenoxy) is 3. The molecular weight excluding hydrogens is 372 g/mol. The smallest absolute Gasteiger partial charge is 0.347 e. The van der Waals surface area contributed by atoms with E-state index in [0.29, 0.717) is 36.2 Å². The molecule has 0 aliphatic heterocycles. The molecule has 0 fully saturated rings. The highest BCUT2D eigenvalue weighted by Gasteiger charge is 2.18. The Labute approximate surface area is 161 Å². The Bertz CT molecular complexity index is 792. The zero-order chi connectivity index (χ0) is 19.8. The number of thiazole rings is 1. The van der Waals surface area contributed by atoms with Gasteiger partial charge in [-0.05, 0) is 13.0 Å². The fraction of sp³-hybridized carbons (Fsp3) is 0.389. The van der Waals surface area contributed by atoms with Gasteiger partial charge in [-0.15, -0.1) is 11.3 Å². The number of methoxy groups -OCH3 is 2. The van der Waals surface area contributed by atoms with E-state index in [0.717, 1.165) is 16.9 Å². The van der Waals surface area contributed by atoms with Crippen LogP contribution in [0.25, 0.3) is 0 Å². The minimum atomic E-state index is -1.02. The van der Waals surface area contributed by atoms with E-state index >= 15 is 0 Å². The first-order valence-corrected chi connectivity index (χ1v) is 9.05. The van der Waals surface area contributed by atoms with E-state index in [9.17, 15) is 9.59 Å². The predicted octanol–water partition coefficient (Wildman–Crippen LogP) is 2.42. The number of nitrogens with zero attached hydrogens (tertiary/aromatic N) is 2. The molecule has 9 heteroatoms. The van der Waals surface area contributed by atoms with Crippen LogP contribution in [0.4, 0.5) is 0 Å². The number of carbonyl (C=O) groups excluding carboxylic acids is 1. The van der Waals surface area contributed by atoms with Crippen molar-refractivity contribution in [2.45, 2.75) is 20.0 Å². The lowest BCUT2D eigenvalue weighted by molar-refractivity contribution is -0.144. The van der Waals surface area contributed by atoms with Crippen molar-refractivity contribution in [1.29, 1.82) is 0 Å². The van der Waals surface area contributed by atoms with Crippen molar-refractivity contribution in [1.82, 2.24) is 9.88 Å². The first-order valence-electron chi connectivity index (χ1n) is 8.23. The summed E-state index contributed by atoms with van der Waals surface area (Å²) in [5, 5.41) is 9.66. The minimum absolute atomic E-state index is 0.0466. The third-order valence-electron chi connectivity index (χ3n) is 3.67. The summed E-state index contributed by atoms with van der Waals surface area (Å²) in [6.45, 7) is 2.79. The molecule has 0 bridgehead atoms. The van der Waals surface area contributed by atoms with Gasteiger partial charge in [0.15, 0.2) is 0 Å². The zero-order valence-electron chi connectivity index (χ0n) is 15.4. The summed E-state index contributed by atoms with van der Waals surface area (Å²) in [4.78, 5) is 29.1. The second kappa shape index (κ2) is 9.89. The molecular formula is C18H22N2O6S. The van der Waals surface area contributed by atoms with Gasteiger partial charge < -0.3 is 19.3 Å². The van der Waals surface area contributed by atoms with Crippen LogP contribution in [-0.2, 0) is 22.6 Å². The van der Waals surface area contributed by atoms with Crippen LogP contribution in [0, 0.1) is 0 Å². The maximum atomic E-state index is 12.0. The Balaban J connectivity index is 2.21. The van der Waals surface area contributed by atoms with Crippen LogP contribution in [0.1, 0.15) is 27.2 Å². The molecule has 0 aliphatic rings. The number of esters is 1. The highest BCUT2D eigenvalue weighted by molar-refractivity contribution is 7.13. The summed E-state index contributed by atoms with van der Waals surface area (Å²) in [6, 6.07) is 5.44. The third kappa shape index (κ3) is 5.93. The number of carboxylic acid groups (broad SMARTS) is 1. The first kappa shape index (κ1) is 20.7. The van der Waals surface area contributed by atoms with E-state index in [4.69, 9.17) is 19.3 Å². The third-order valence-corrected chi connectivity index (χ3v) is 4.64. The molecule has 2 aromatic rings. The van der Waals surface area contributed by atoms with E-state index in [1.165, 1.54) is 6.20 Å². The second-order valence-corrected chi connectivity index (χ2v) is 6.67. The van der Waals surface area contributed by atoms with Crippen molar-refractivity contribution in [3.63, 3.8) is 0 Å². The van der Waals surface area contributed by atoms with E-state index < -0.39 is 5.97 Å². The summed E-state index contributed by atoms with van der Waals surface area (Å²) < 4.78 is 15.7. The molecule has 1 heterocycles. The summed E-state index contributed by atoms with van der Waals surface area (Å²) >= 11 is 1.08. The molecule has 0 saturated heterocycles. The van der Waals surface area contributed by atoms with E-state index in [-0.39, 0.29) is 17.4 Å². The number of benzene rings is 1. The van der Waals surface area contributed by atoms with Gasteiger partial charge in [-0.1, -0.05) is 6.07 Å². The average molecular weight is 394 g/mol. The lowest BCUT2D eigenvalue weighted by Crippen LogP contribution is -2.30. The number of carbonyl (C=O) groups is 2. The van der Waals surface area contributed by atoms with Crippen LogP contribution in [0.5, 0.6) is 11.5 Å². The summed E-state index contributed by atoms with van der Waals surface area (Å²) in [6.07, 6.45) is 1.32. The van der Waals surface area contributed by atoms with Crippen LogP contribution < -0.4 is 9.47 Å². The van der Waals surface area contributed by atoms with Gasteiger partial charge >= 0.3 is 11.9 Å². The van der Waals surface area contributed by atoms with Gasteiger partial charge in [0.1, 0.15) is 21.4 Å². The largest absolute Gasteiger partial charge is 0.497 e. The van der Waals surface area contributed by atoms with Gasteiger partial charge in [-0.3, -0.25) is 9.69 Å². The monoisotopic (exact) mass is 394 g/mol. The molecule has 146 valence electrons. The molecule has 0 aliphatic carbocycles. The van der Waals surface area contributed by atoms with Crippen molar-refractivity contribution >= 4 is 23.3 Å². The SMILES string of the molecule is CCOC(=O)CN(Cc1ncc(C(=O)O)s1)Cc1ccc(OC)cc1OC. The van der Waals surface area contributed by atoms with E-state index in [2.05, 4.69) is 4.98 Å². The molecule has 0 saturated carbocycles. The quantitative estimate of drug-likeness (QED) is 0.614. The molecule has 1 aromatic carbocycles. The van der Waals surface area contributed by atoms with Crippen molar-refractivity contribution in [3.8, 4) is 11.5 Å². The Hall–Kier alpha value is -2.65. The van der Waals surface area contributed by atoms with Gasteiger partial charge in [0.25, 0.3) is 0 Å². The molecule has 8 nitrogen and oxygen atoms in total. The Morgan fingerprint density at radius 2 is 2.00 bits per heavy atom. The number of hydrogen-bond donors (Lipinski definition) is 1. The second-order valence-electron chi connectivity index (χ2n) is 5.55. The molecule has 1 aromatic heterocycles. The maximum Gasteiger partial charge on any atom is 0.347 e. The van der Waals surface area contributed by atoms with Crippen molar-refractivity contribution in [2.75, 3.05) is 27.4 Å². The highest BCUT2D eigenvalue weighted by atomic mass is 32.1. The standard InChI is InChI=1S/C18H22N2O6S/c1-4-26-17(21)11-20(10-16-19-8-15(27-16)18(22)23)9-12-5-6-13(24-2)7-14(12)25-3/h5-8H,4,9-11H2,1-3H3,(H,22,23). The molecule has 1 N–H and O–H groups in total. The van der Waals surface area contributed by atoms with Gasteiger partial charge in [-0.2, -0.15) is 0 Å². The molecule has 27 heavy (non-hydrogen) atoms. The van der Waals surface area contributed by atoms with Crippen LogP contribution in [0.3, 0.4) is 0 Å². The Morgan fingerprint density at radius 1 is 1.22 bits per heavy atom. The lowest BCUT2D eigenvalue weighted by atomic mass is 10.1. The molecule has 0 spiro atoms. The van der Waals surface area contributed by atoms with E-state index in [1.54, 1.807) is 27.2 Å². The van der Waals surface area contributed by atoms with E-state index in [1.807, 2.05) is 17.0 Å². The van der Waals surface area contributed by atoms with Gasteiger partial charge in [-0.25, -0.2) is 9.78 Å². The predicted molar refractivity (Wildman–Crippen MR) is 99.4 cm³/mol. The van der Waals surface area contributed by atoms with Crippen molar-refractivity contribution < 1.29 is 28.9 Å². The fourth-order valence-electron chi connectivity index (χ4n) is 2.45. The van der Waals surface area contributed by atoms with Crippen LogP contribution in [0.15, 0.2) is 24.4 Å². The van der Waals surface area contributed by atoms with Crippen molar-refractivity contribution in [3.05, 3.63) is 39.8 Å². The van der Waals surface area contributed by atoms with Gasteiger partial charge in [0.05, 0.1) is 40.1 Å². The molecule has 0 atom stereocenters. The molecule has 2 rings (SSSR count). The first-order chi connectivity index (χ1) is 13.0. The van der Waals surface area contributed by atoms with Crippen molar-refractivity contribution in [2.24, 2.45) is 0 Å². The van der Waals surface area contributed by atoms with Crippen LogP contribution >= 0.6 is 11.3 Å². The average Bonchev–Trinajstić information content (AvgIpc) is 3.11. The summed E-state index contributed by atoms with van der Waals surface area (Å²) in [5.74, 6) is -0.0837. The Morgan fingerprint density at radius 3 is 2.59 bits per heavy atom. The number of aromatic carboxylic acids is 1. The minimum Gasteiger partial charge on any atom is -0.497 e. The maximum absolute atomic E-state index is 12.0. The number of rotatable bonds is 10. The fourth-order valence-corrected chi connectivity index (χ4v) is 3.25. The Kier molecular flexibility index (Phi) is 7.56. The number of aromatic nitrogens is 1. The molecule has 0 unspecified atom stereocenters. The number of hydrogen-bond acceptors (Lipinski definition) is 8. The van der Waals surface area contributed by atoms with Crippen LogP contribution in [-0.4, -0.2) is 54.3 Å². The molecule has 0 amide bonds. The topological polar surface area (TPSA) is 98.2 Å². The number of carboxylic acids is 1. The summed E-state index contributed by atoms with van der Waals surface area (Å²) in [5.41, 5.74) is 0.859. The van der Waals surface area contributed by atoms with Gasteiger partial charge in [0, 0.05) is 18.2 Å².